The maximum Gasteiger partial charge on any atom is 0.131 e. The van der Waals surface area contributed by atoms with Gasteiger partial charge in [-0.3, -0.25) is 0 Å². The van der Waals surface area contributed by atoms with Crippen molar-refractivity contribution in [3.63, 3.8) is 0 Å². The summed E-state index contributed by atoms with van der Waals surface area (Å²) in [6, 6.07) is 2.11. The van der Waals surface area contributed by atoms with Crippen LogP contribution in [0.5, 0.6) is 0 Å². The molecular formula is C16H28N4O3. The quantitative estimate of drug-likeness (QED) is 0.668. The summed E-state index contributed by atoms with van der Waals surface area (Å²) in [5, 5.41) is 16.2. The molecule has 1 aromatic heterocycles. The van der Waals surface area contributed by atoms with Crippen molar-refractivity contribution in [2.45, 2.75) is 44.9 Å². The smallest absolute Gasteiger partial charge is 0.131 e. The second-order valence-electron chi connectivity index (χ2n) is 6.25. The van der Waals surface area contributed by atoms with Crippen LogP contribution < -0.4 is 10.6 Å². The summed E-state index contributed by atoms with van der Waals surface area (Å²) in [5.74, 6) is 1.90. The molecule has 1 aliphatic heterocycles. The van der Waals surface area contributed by atoms with E-state index >= 15 is 0 Å². The Hall–Kier alpha value is -1.44. The van der Waals surface area contributed by atoms with Crippen LogP contribution in [-0.4, -0.2) is 60.2 Å². The molecule has 2 heterocycles. The van der Waals surface area contributed by atoms with Gasteiger partial charge in [-0.25, -0.2) is 9.97 Å². The molecule has 2 rings (SSSR count). The normalized spacial score (nSPS) is 22.8. The number of ether oxygens (including phenoxy) is 2. The first-order chi connectivity index (χ1) is 11.1. The molecule has 130 valence electrons. The molecule has 7 heteroatoms. The Morgan fingerprint density at radius 2 is 2.17 bits per heavy atom. The maximum absolute atomic E-state index is 9.67. The summed E-state index contributed by atoms with van der Waals surface area (Å²) in [7, 11) is 1.56. The van der Waals surface area contributed by atoms with Gasteiger partial charge in [0.25, 0.3) is 0 Å². The topological polar surface area (TPSA) is 88.5 Å². The molecule has 0 spiro atoms. The molecule has 0 aliphatic carbocycles. The highest BCUT2D eigenvalue weighted by molar-refractivity contribution is 5.47. The van der Waals surface area contributed by atoms with Gasteiger partial charge in [0.2, 0.25) is 0 Å². The van der Waals surface area contributed by atoms with Crippen molar-refractivity contribution in [3.05, 3.63) is 12.4 Å². The van der Waals surface area contributed by atoms with Crippen molar-refractivity contribution < 1.29 is 14.6 Å². The fraction of sp³-hybridized carbons (Fsp3) is 0.750. The standard InChI is InChI=1S/C16H28N4O3/c1-11(2)16-13(5-4-6-23-16)20-15-7-14(18-10-19-15)17-8-12(21)9-22-3/h7,10-13,16,21H,4-6,8-9H2,1-3H3,(H2,17,18,19,20)/t12-,13+,16-/m1/s1. The van der Waals surface area contributed by atoms with E-state index in [-0.39, 0.29) is 12.1 Å². The van der Waals surface area contributed by atoms with Crippen molar-refractivity contribution in [3.8, 4) is 0 Å². The first kappa shape index (κ1) is 17.9. The van der Waals surface area contributed by atoms with Crippen LogP contribution in [-0.2, 0) is 9.47 Å². The van der Waals surface area contributed by atoms with E-state index in [4.69, 9.17) is 9.47 Å². The number of rotatable bonds is 8. The Morgan fingerprint density at radius 3 is 2.91 bits per heavy atom. The van der Waals surface area contributed by atoms with Crippen molar-refractivity contribution in [2.75, 3.05) is 37.5 Å². The maximum atomic E-state index is 9.67. The molecule has 1 fully saturated rings. The SMILES string of the molecule is COC[C@H](O)CNc1cc(N[C@H]2CCCO[C@@H]2C(C)C)ncn1. The van der Waals surface area contributed by atoms with Crippen LogP contribution in [0, 0.1) is 5.92 Å². The summed E-state index contributed by atoms with van der Waals surface area (Å²) in [6.45, 7) is 5.85. The summed E-state index contributed by atoms with van der Waals surface area (Å²) in [5.41, 5.74) is 0. The monoisotopic (exact) mass is 324 g/mol. The minimum Gasteiger partial charge on any atom is -0.389 e. The highest BCUT2D eigenvalue weighted by Gasteiger charge is 2.28. The molecule has 3 atom stereocenters. The number of aliphatic hydroxyl groups is 1. The largest absolute Gasteiger partial charge is 0.389 e. The van der Waals surface area contributed by atoms with E-state index in [1.807, 2.05) is 6.07 Å². The van der Waals surface area contributed by atoms with E-state index in [1.54, 1.807) is 7.11 Å². The van der Waals surface area contributed by atoms with Crippen molar-refractivity contribution in [1.82, 2.24) is 9.97 Å². The molecule has 0 radical (unpaired) electrons. The van der Waals surface area contributed by atoms with Crippen molar-refractivity contribution in [2.24, 2.45) is 5.92 Å². The highest BCUT2D eigenvalue weighted by Crippen LogP contribution is 2.23. The van der Waals surface area contributed by atoms with Crippen LogP contribution in [0.15, 0.2) is 12.4 Å². The number of hydrogen-bond acceptors (Lipinski definition) is 7. The predicted octanol–water partition coefficient (Wildman–Crippen LogP) is 1.51. The van der Waals surface area contributed by atoms with Crippen LogP contribution in [0.4, 0.5) is 11.6 Å². The first-order valence-corrected chi connectivity index (χ1v) is 8.21. The Morgan fingerprint density at radius 1 is 1.39 bits per heavy atom. The zero-order valence-corrected chi connectivity index (χ0v) is 14.2. The van der Waals surface area contributed by atoms with Gasteiger partial charge in [-0.15, -0.1) is 0 Å². The van der Waals surface area contributed by atoms with Crippen LogP contribution in [0.2, 0.25) is 0 Å². The fourth-order valence-corrected chi connectivity index (χ4v) is 2.81. The Bertz CT molecular complexity index is 472. The molecule has 1 aromatic rings. The second kappa shape index (κ2) is 9.00. The van der Waals surface area contributed by atoms with E-state index in [0.29, 0.717) is 24.9 Å². The van der Waals surface area contributed by atoms with Gasteiger partial charge in [-0.05, 0) is 18.8 Å². The highest BCUT2D eigenvalue weighted by atomic mass is 16.5. The van der Waals surface area contributed by atoms with E-state index in [2.05, 4.69) is 34.4 Å². The molecule has 0 aromatic carbocycles. The summed E-state index contributed by atoms with van der Waals surface area (Å²) < 4.78 is 10.8. The summed E-state index contributed by atoms with van der Waals surface area (Å²) in [6.07, 6.45) is 3.27. The molecule has 1 saturated heterocycles. The van der Waals surface area contributed by atoms with Crippen LogP contribution in [0.25, 0.3) is 0 Å². The van der Waals surface area contributed by atoms with Crippen LogP contribution >= 0.6 is 0 Å². The lowest BCUT2D eigenvalue weighted by Gasteiger charge is -2.35. The number of anilines is 2. The van der Waals surface area contributed by atoms with Crippen molar-refractivity contribution >= 4 is 11.6 Å². The zero-order valence-electron chi connectivity index (χ0n) is 14.2. The lowest BCUT2D eigenvalue weighted by molar-refractivity contribution is -0.0203. The third-order valence-corrected chi connectivity index (χ3v) is 3.90. The molecule has 1 aliphatic rings. The van der Waals surface area contributed by atoms with Crippen LogP contribution in [0.3, 0.4) is 0 Å². The number of nitrogens with one attached hydrogen (secondary N) is 2. The number of aliphatic hydroxyl groups excluding tert-OH is 1. The van der Waals surface area contributed by atoms with Gasteiger partial charge in [0, 0.05) is 26.3 Å². The van der Waals surface area contributed by atoms with Gasteiger partial charge in [-0.1, -0.05) is 13.8 Å². The Balaban J connectivity index is 1.93. The van der Waals surface area contributed by atoms with E-state index < -0.39 is 6.10 Å². The average molecular weight is 324 g/mol. The predicted molar refractivity (Wildman–Crippen MR) is 89.6 cm³/mol. The molecular weight excluding hydrogens is 296 g/mol. The van der Waals surface area contributed by atoms with Crippen molar-refractivity contribution in [1.29, 1.82) is 0 Å². The van der Waals surface area contributed by atoms with Gasteiger partial charge < -0.3 is 25.2 Å². The summed E-state index contributed by atoms with van der Waals surface area (Å²) >= 11 is 0. The molecule has 0 saturated carbocycles. The molecule has 0 unspecified atom stereocenters. The molecule has 7 nitrogen and oxygen atoms in total. The van der Waals surface area contributed by atoms with Gasteiger partial charge in [0.05, 0.1) is 24.9 Å². The molecule has 0 amide bonds. The number of nitrogens with zero attached hydrogens (tertiary/aromatic N) is 2. The first-order valence-electron chi connectivity index (χ1n) is 8.21. The van der Waals surface area contributed by atoms with E-state index in [0.717, 1.165) is 25.3 Å². The Kier molecular flexibility index (Phi) is 7.01. The van der Waals surface area contributed by atoms with Gasteiger partial charge in [0.15, 0.2) is 0 Å². The van der Waals surface area contributed by atoms with Crippen LogP contribution in [0.1, 0.15) is 26.7 Å². The van der Waals surface area contributed by atoms with Gasteiger partial charge >= 0.3 is 0 Å². The van der Waals surface area contributed by atoms with E-state index in [1.165, 1.54) is 6.33 Å². The second-order valence-corrected chi connectivity index (χ2v) is 6.25. The van der Waals surface area contributed by atoms with E-state index in [9.17, 15) is 5.11 Å². The molecule has 3 N–H and O–H groups in total. The van der Waals surface area contributed by atoms with Gasteiger partial charge in [-0.2, -0.15) is 0 Å². The number of aromatic nitrogens is 2. The minimum absolute atomic E-state index is 0.193. The van der Waals surface area contributed by atoms with Gasteiger partial charge in [0.1, 0.15) is 18.0 Å². The average Bonchev–Trinajstić information content (AvgIpc) is 2.54. The number of hydrogen-bond donors (Lipinski definition) is 3. The number of methoxy groups -OCH3 is 1. The molecule has 23 heavy (non-hydrogen) atoms. The molecule has 0 bridgehead atoms. The zero-order chi connectivity index (χ0) is 16.7. The third kappa shape index (κ3) is 5.60. The lowest BCUT2D eigenvalue weighted by Crippen LogP contribution is -2.43. The third-order valence-electron chi connectivity index (χ3n) is 3.90. The lowest BCUT2D eigenvalue weighted by atomic mass is 9.94. The minimum atomic E-state index is -0.566. The fourth-order valence-electron chi connectivity index (χ4n) is 2.81. The summed E-state index contributed by atoms with van der Waals surface area (Å²) in [4.78, 5) is 8.46. The Labute approximate surface area is 137 Å².